The van der Waals surface area contributed by atoms with Gasteiger partial charge >= 0.3 is 0 Å². The topological polar surface area (TPSA) is 68.6 Å². The molecule has 0 aliphatic rings. The Morgan fingerprint density at radius 2 is 1.79 bits per heavy atom. The number of hydrogen-bond acceptors (Lipinski definition) is 6. The molecule has 0 radical (unpaired) electrons. The van der Waals surface area contributed by atoms with Crippen LogP contribution in [0.15, 0.2) is 54.7 Å². The molecule has 1 aromatic carbocycles. The van der Waals surface area contributed by atoms with Crippen LogP contribution in [0.25, 0.3) is 21.7 Å². The molecule has 0 N–H and O–H groups in total. The first kappa shape index (κ1) is 18.9. The van der Waals surface area contributed by atoms with Gasteiger partial charge in [-0.15, -0.1) is 11.3 Å². The van der Waals surface area contributed by atoms with Crippen molar-refractivity contribution in [2.45, 2.75) is 13.3 Å². The summed E-state index contributed by atoms with van der Waals surface area (Å²) in [6.45, 7) is 1.97. The molecule has 0 aliphatic heterocycles. The van der Waals surface area contributed by atoms with Crippen LogP contribution in [-0.4, -0.2) is 25.7 Å². The average molecular weight is 408 g/mol. The molecule has 0 bridgehead atoms. The average Bonchev–Trinajstić information content (AvgIpc) is 3.24. The fourth-order valence-corrected chi connectivity index (χ4v) is 3.55. The van der Waals surface area contributed by atoms with Gasteiger partial charge in [-0.3, -0.25) is 24.7 Å². The summed E-state index contributed by atoms with van der Waals surface area (Å²) in [5.74, 6) is -2.70. The van der Waals surface area contributed by atoms with Gasteiger partial charge in [0.05, 0.1) is 52.4 Å². The number of Topliss-reactive ketones (excluding diaryl/α,β-unsaturated/α-hetero) is 1. The quantitative estimate of drug-likeness (QED) is 0.449. The van der Waals surface area contributed by atoms with Crippen LogP contribution in [-0.2, 0) is 6.42 Å². The summed E-state index contributed by atoms with van der Waals surface area (Å²) >= 11 is 1.54. The van der Waals surface area contributed by atoms with Crippen molar-refractivity contribution in [3.8, 4) is 21.7 Å². The number of rotatable bonds is 5. The van der Waals surface area contributed by atoms with Crippen molar-refractivity contribution in [2.24, 2.45) is 0 Å². The Labute approximate surface area is 169 Å². The van der Waals surface area contributed by atoms with Crippen LogP contribution < -0.4 is 0 Å². The Morgan fingerprint density at radius 1 is 1.00 bits per heavy atom. The van der Waals surface area contributed by atoms with Crippen LogP contribution in [0.2, 0.25) is 0 Å². The number of carbonyl (C=O) groups is 1. The monoisotopic (exact) mass is 408 g/mol. The molecular formula is C21H14F2N4OS. The van der Waals surface area contributed by atoms with Gasteiger partial charge in [0.1, 0.15) is 0 Å². The maximum Gasteiger partial charge on any atom is 0.174 e. The standard InChI is InChI=1S/C21H14F2N4OS/c1-12-2-3-13(20-10-25-11-29-20)4-15(12)18-9-26-14(6-27-18)5-19(28)21-16(22)7-24-8-17(21)23/h2-4,6-11H,5H2,1H3. The first-order valence-corrected chi connectivity index (χ1v) is 9.54. The van der Waals surface area contributed by atoms with E-state index >= 15 is 0 Å². The Bertz CT molecular complexity index is 1160. The Balaban J connectivity index is 1.59. The van der Waals surface area contributed by atoms with Gasteiger partial charge in [-0.05, 0) is 24.1 Å². The number of aromatic nitrogens is 4. The van der Waals surface area contributed by atoms with Crippen molar-refractivity contribution in [1.82, 2.24) is 19.9 Å². The van der Waals surface area contributed by atoms with Gasteiger partial charge in [0.15, 0.2) is 17.4 Å². The zero-order valence-corrected chi connectivity index (χ0v) is 16.1. The molecule has 3 aromatic heterocycles. The molecule has 0 amide bonds. The minimum atomic E-state index is -0.991. The number of halogens is 2. The molecule has 0 spiro atoms. The molecule has 0 aliphatic carbocycles. The minimum absolute atomic E-state index is 0.259. The molecule has 5 nitrogen and oxygen atoms in total. The molecule has 0 saturated carbocycles. The number of nitrogens with zero attached hydrogens (tertiary/aromatic N) is 4. The highest BCUT2D eigenvalue weighted by atomic mass is 32.1. The predicted octanol–water partition coefficient (Wildman–Crippen LogP) is 4.67. The van der Waals surface area contributed by atoms with Gasteiger partial charge < -0.3 is 0 Å². The SMILES string of the molecule is Cc1ccc(-c2cncs2)cc1-c1cnc(CC(=O)c2c(F)cncc2F)cn1. The summed E-state index contributed by atoms with van der Waals surface area (Å²) in [5, 5.41) is 0. The Hall–Kier alpha value is -3.39. The summed E-state index contributed by atoms with van der Waals surface area (Å²) in [7, 11) is 0. The van der Waals surface area contributed by atoms with Crippen molar-refractivity contribution in [1.29, 1.82) is 0 Å². The van der Waals surface area contributed by atoms with E-state index < -0.39 is 23.0 Å². The van der Waals surface area contributed by atoms with E-state index in [2.05, 4.69) is 19.9 Å². The lowest BCUT2D eigenvalue weighted by Gasteiger charge is -2.08. The van der Waals surface area contributed by atoms with E-state index in [1.54, 1.807) is 29.2 Å². The van der Waals surface area contributed by atoms with Crippen LogP contribution in [0, 0.1) is 18.6 Å². The summed E-state index contributed by atoms with van der Waals surface area (Å²) in [6.07, 6.45) is 6.17. The first-order chi connectivity index (χ1) is 14.0. The Morgan fingerprint density at radius 3 is 2.45 bits per heavy atom. The number of thiazole rings is 1. The number of hydrogen-bond donors (Lipinski definition) is 0. The second-order valence-corrected chi connectivity index (χ2v) is 7.25. The van der Waals surface area contributed by atoms with Gasteiger partial charge in [0.25, 0.3) is 0 Å². The van der Waals surface area contributed by atoms with Crippen molar-refractivity contribution < 1.29 is 13.6 Å². The van der Waals surface area contributed by atoms with Gasteiger partial charge in [-0.1, -0.05) is 12.1 Å². The highest BCUT2D eigenvalue weighted by Crippen LogP contribution is 2.29. The lowest BCUT2D eigenvalue weighted by Crippen LogP contribution is -2.11. The third-order valence-electron chi connectivity index (χ3n) is 4.41. The van der Waals surface area contributed by atoms with E-state index in [0.29, 0.717) is 11.4 Å². The van der Waals surface area contributed by atoms with Crippen LogP contribution in [0.1, 0.15) is 21.6 Å². The van der Waals surface area contributed by atoms with Crippen molar-refractivity contribution in [3.05, 3.63) is 83.1 Å². The lowest BCUT2D eigenvalue weighted by atomic mass is 10.0. The smallest absolute Gasteiger partial charge is 0.174 e. The predicted molar refractivity (Wildman–Crippen MR) is 106 cm³/mol. The van der Waals surface area contributed by atoms with E-state index in [9.17, 15) is 13.6 Å². The molecule has 3 heterocycles. The second kappa shape index (κ2) is 7.92. The van der Waals surface area contributed by atoms with Crippen LogP contribution >= 0.6 is 11.3 Å². The number of aryl methyl sites for hydroxylation is 1. The number of pyridine rings is 1. The third kappa shape index (κ3) is 3.93. The normalized spacial score (nSPS) is 10.9. The maximum atomic E-state index is 13.7. The summed E-state index contributed by atoms with van der Waals surface area (Å²) in [5.41, 5.74) is 5.09. The van der Waals surface area contributed by atoms with E-state index in [4.69, 9.17) is 0 Å². The van der Waals surface area contributed by atoms with E-state index in [1.165, 1.54) is 6.20 Å². The molecule has 0 saturated heterocycles. The number of ketones is 1. The van der Waals surface area contributed by atoms with Gasteiger partial charge in [0, 0.05) is 18.0 Å². The lowest BCUT2D eigenvalue weighted by molar-refractivity contribution is 0.0983. The minimum Gasteiger partial charge on any atom is -0.294 e. The highest BCUT2D eigenvalue weighted by Gasteiger charge is 2.19. The summed E-state index contributed by atoms with van der Waals surface area (Å²) in [4.78, 5) is 29.4. The highest BCUT2D eigenvalue weighted by molar-refractivity contribution is 7.13. The van der Waals surface area contributed by atoms with Crippen molar-refractivity contribution in [3.63, 3.8) is 0 Å². The van der Waals surface area contributed by atoms with Crippen LogP contribution in [0.3, 0.4) is 0 Å². The van der Waals surface area contributed by atoms with E-state index in [0.717, 1.165) is 34.0 Å². The van der Waals surface area contributed by atoms with Crippen LogP contribution in [0.5, 0.6) is 0 Å². The number of carbonyl (C=O) groups excluding carboxylic acids is 1. The zero-order chi connectivity index (χ0) is 20.4. The van der Waals surface area contributed by atoms with Gasteiger partial charge in [-0.2, -0.15) is 0 Å². The Kier molecular flexibility index (Phi) is 5.18. The molecule has 29 heavy (non-hydrogen) atoms. The molecule has 4 aromatic rings. The maximum absolute atomic E-state index is 13.7. The summed E-state index contributed by atoms with van der Waals surface area (Å²) in [6, 6.07) is 6.03. The van der Waals surface area contributed by atoms with Crippen LogP contribution in [0.4, 0.5) is 8.78 Å². The van der Waals surface area contributed by atoms with Gasteiger partial charge in [0.2, 0.25) is 0 Å². The third-order valence-corrected chi connectivity index (χ3v) is 5.23. The zero-order valence-electron chi connectivity index (χ0n) is 15.3. The molecule has 0 atom stereocenters. The molecular weight excluding hydrogens is 394 g/mol. The van der Waals surface area contributed by atoms with E-state index in [-0.39, 0.29) is 6.42 Å². The van der Waals surface area contributed by atoms with E-state index in [1.807, 2.05) is 25.1 Å². The fraction of sp³-hybridized carbons (Fsp3) is 0.0952. The summed E-state index contributed by atoms with van der Waals surface area (Å²) < 4.78 is 27.4. The molecule has 4 rings (SSSR count). The second-order valence-electron chi connectivity index (χ2n) is 6.37. The molecule has 8 heteroatoms. The molecule has 0 unspecified atom stereocenters. The van der Waals surface area contributed by atoms with Crippen molar-refractivity contribution in [2.75, 3.05) is 0 Å². The first-order valence-electron chi connectivity index (χ1n) is 8.66. The number of benzene rings is 1. The largest absolute Gasteiger partial charge is 0.294 e. The molecule has 144 valence electrons. The van der Waals surface area contributed by atoms with Gasteiger partial charge in [-0.25, -0.2) is 8.78 Å². The van der Waals surface area contributed by atoms with Crippen molar-refractivity contribution >= 4 is 17.1 Å². The fourth-order valence-electron chi connectivity index (χ4n) is 2.93. The molecule has 0 fully saturated rings.